The first-order valence-corrected chi connectivity index (χ1v) is 8.04. The molecule has 1 radical (unpaired) electrons. The van der Waals surface area contributed by atoms with Crippen LogP contribution in [0.3, 0.4) is 0 Å². The fourth-order valence-electron chi connectivity index (χ4n) is 3.22. The number of benzene rings is 1. The third-order valence-corrected chi connectivity index (χ3v) is 4.40. The van der Waals surface area contributed by atoms with Gasteiger partial charge < -0.3 is 4.57 Å². The third-order valence-electron chi connectivity index (χ3n) is 4.16. The summed E-state index contributed by atoms with van der Waals surface area (Å²) in [5.74, 6) is 1.35. The van der Waals surface area contributed by atoms with Crippen LogP contribution in [0.2, 0.25) is 5.02 Å². The second-order valence-electron chi connectivity index (χ2n) is 5.82. The summed E-state index contributed by atoms with van der Waals surface area (Å²) in [6.07, 6.45) is 4.26. The minimum absolute atomic E-state index is 0.249. The average molecular weight is 315 g/mol. The Kier molecular flexibility index (Phi) is 4.00. The van der Waals surface area contributed by atoms with Gasteiger partial charge in [0.05, 0.1) is 11.2 Å². The maximum atomic E-state index is 6.10. The Balaban J connectivity index is 2.22. The van der Waals surface area contributed by atoms with Crippen molar-refractivity contribution in [3.05, 3.63) is 53.7 Å². The molecule has 1 aromatic carbocycles. The molecule has 4 heteroatoms. The van der Waals surface area contributed by atoms with Crippen molar-refractivity contribution in [1.29, 1.82) is 0 Å². The number of fused-ring (bicyclic) bond motifs is 1. The molecule has 0 aliphatic rings. The molecule has 0 N–H and O–H groups in total. The molecule has 0 bridgehead atoms. The van der Waals surface area contributed by atoms with E-state index in [1.54, 1.807) is 0 Å². The fraction of sp³-hybridized carbons (Fsp3) is 0.333. The van der Waals surface area contributed by atoms with Crippen molar-refractivity contribution in [2.24, 2.45) is 7.05 Å². The summed E-state index contributed by atoms with van der Waals surface area (Å²) in [6, 6.07) is 8.06. The second-order valence-corrected chi connectivity index (χ2v) is 6.26. The Morgan fingerprint density at radius 2 is 2.09 bits per heavy atom. The number of hydrogen-bond donors (Lipinski definition) is 0. The van der Waals surface area contributed by atoms with Crippen molar-refractivity contribution < 1.29 is 0 Å². The highest BCUT2D eigenvalue weighted by atomic mass is 35.5. The maximum Gasteiger partial charge on any atom is 0.138 e. The lowest BCUT2D eigenvalue weighted by molar-refractivity contribution is 0.698. The molecule has 0 amide bonds. The lowest BCUT2D eigenvalue weighted by Gasteiger charge is -2.15. The Hall–Kier alpha value is -1.74. The Morgan fingerprint density at radius 1 is 1.32 bits per heavy atom. The zero-order chi connectivity index (χ0) is 15.9. The molecule has 0 saturated heterocycles. The lowest BCUT2D eigenvalue weighted by Crippen LogP contribution is -2.06. The van der Waals surface area contributed by atoms with Gasteiger partial charge in [-0.1, -0.05) is 24.9 Å². The van der Waals surface area contributed by atoms with E-state index in [-0.39, 0.29) is 5.92 Å². The van der Waals surface area contributed by atoms with Crippen molar-refractivity contribution in [2.75, 3.05) is 0 Å². The molecule has 2 heterocycles. The van der Waals surface area contributed by atoms with Gasteiger partial charge in [0, 0.05) is 29.2 Å². The van der Waals surface area contributed by atoms with Crippen LogP contribution in [0.4, 0.5) is 0 Å². The highest BCUT2D eigenvalue weighted by Crippen LogP contribution is 2.32. The van der Waals surface area contributed by atoms with Crippen molar-refractivity contribution in [2.45, 2.75) is 32.6 Å². The summed E-state index contributed by atoms with van der Waals surface area (Å²) in [5, 5.41) is 6.51. The van der Waals surface area contributed by atoms with Gasteiger partial charge in [-0.25, -0.2) is 0 Å². The van der Waals surface area contributed by atoms with Gasteiger partial charge in [0.2, 0.25) is 0 Å². The van der Waals surface area contributed by atoms with Gasteiger partial charge in [-0.3, -0.25) is 4.68 Å². The summed E-state index contributed by atoms with van der Waals surface area (Å²) >= 11 is 6.10. The smallest absolute Gasteiger partial charge is 0.138 e. The van der Waals surface area contributed by atoms with Gasteiger partial charge in [0.1, 0.15) is 5.82 Å². The van der Waals surface area contributed by atoms with Crippen molar-refractivity contribution in [3.63, 3.8) is 0 Å². The van der Waals surface area contributed by atoms with Gasteiger partial charge in [0.15, 0.2) is 0 Å². The molecule has 1 unspecified atom stereocenters. The zero-order valence-electron chi connectivity index (χ0n) is 13.3. The van der Waals surface area contributed by atoms with E-state index in [4.69, 9.17) is 11.6 Å². The molecule has 2 aromatic heterocycles. The van der Waals surface area contributed by atoms with Crippen LogP contribution in [0.25, 0.3) is 16.7 Å². The fourth-order valence-corrected chi connectivity index (χ4v) is 3.40. The van der Waals surface area contributed by atoms with Gasteiger partial charge >= 0.3 is 0 Å². The number of nitrogens with zero attached hydrogens (tertiary/aromatic N) is 3. The summed E-state index contributed by atoms with van der Waals surface area (Å²) < 4.78 is 4.14. The van der Waals surface area contributed by atoms with Crippen LogP contribution >= 0.6 is 11.6 Å². The van der Waals surface area contributed by atoms with E-state index in [2.05, 4.69) is 48.8 Å². The normalized spacial score (nSPS) is 13.0. The number of aryl methyl sites for hydroxylation is 2. The minimum atomic E-state index is 0.249. The predicted octanol–water partition coefficient (Wildman–Crippen LogP) is 5.04. The van der Waals surface area contributed by atoms with Crippen LogP contribution in [-0.2, 0) is 7.05 Å². The van der Waals surface area contributed by atoms with Gasteiger partial charge in [-0.15, -0.1) is 0 Å². The number of rotatable bonds is 4. The molecule has 0 fully saturated rings. The standard InChI is InChI=1S/C18H21ClN3/c1-5-6-12(2)17-13(3)20-21(4)18(17)22-10-9-14-11-15(19)7-8-16(14)22/h7-12H,2,5-6H2,1,3-4H3. The van der Waals surface area contributed by atoms with Crippen molar-refractivity contribution >= 4 is 22.5 Å². The third kappa shape index (κ3) is 2.44. The highest BCUT2D eigenvalue weighted by Gasteiger charge is 2.21. The second kappa shape index (κ2) is 5.81. The molecule has 1 atom stereocenters. The molecule has 0 aliphatic carbocycles. The number of aromatic nitrogens is 3. The molecule has 3 aromatic rings. The summed E-state index contributed by atoms with van der Waals surface area (Å²) in [4.78, 5) is 0. The monoisotopic (exact) mass is 314 g/mol. The topological polar surface area (TPSA) is 22.8 Å². The first-order valence-electron chi connectivity index (χ1n) is 7.66. The van der Waals surface area contributed by atoms with Crippen molar-refractivity contribution in [1.82, 2.24) is 14.3 Å². The quantitative estimate of drug-likeness (QED) is 0.661. The minimum Gasteiger partial charge on any atom is -0.301 e. The molecule has 0 saturated carbocycles. The van der Waals surface area contributed by atoms with Crippen LogP contribution in [0, 0.1) is 13.8 Å². The van der Waals surface area contributed by atoms with Crippen LogP contribution in [0.1, 0.15) is 36.9 Å². The van der Waals surface area contributed by atoms with E-state index in [1.165, 1.54) is 5.56 Å². The van der Waals surface area contributed by atoms with Crippen LogP contribution in [0.15, 0.2) is 30.5 Å². The predicted molar refractivity (Wildman–Crippen MR) is 92.8 cm³/mol. The molecular formula is C18H21ClN3. The summed E-state index contributed by atoms with van der Waals surface area (Å²) in [7, 11) is 1.99. The molecular weight excluding hydrogens is 294 g/mol. The molecule has 115 valence electrons. The van der Waals surface area contributed by atoms with Crippen LogP contribution < -0.4 is 0 Å². The maximum absolute atomic E-state index is 6.10. The average Bonchev–Trinajstić information content (AvgIpc) is 2.98. The first-order chi connectivity index (χ1) is 10.5. The first kappa shape index (κ1) is 15.2. The van der Waals surface area contributed by atoms with Gasteiger partial charge in [-0.2, -0.15) is 5.10 Å². The number of halogens is 1. The molecule has 3 nitrogen and oxygen atoms in total. The van der Waals surface area contributed by atoms with Gasteiger partial charge in [-0.05, 0) is 50.5 Å². The molecule has 0 spiro atoms. The Morgan fingerprint density at radius 3 is 2.82 bits per heavy atom. The van der Waals surface area contributed by atoms with Crippen molar-refractivity contribution in [3.8, 4) is 5.82 Å². The SMILES string of the molecule is [CH2]C(CCC)c1c(C)nn(C)c1-n1ccc2cc(Cl)ccc21. The van der Waals surface area contributed by atoms with E-state index >= 15 is 0 Å². The number of hydrogen-bond acceptors (Lipinski definition) is 1. The van der Waals surface area contributed by atoms with E-state index in [0.717, 1.165) is 40.3 Å². The van der Waals surface area contributed by atoms with E-state index in [9.17, 15) is 0 Å². The van der Waals surface area contributed by atoms with Crippen LogP contribution in [0.5, 0.6) is 0 Å². The summed E-state index contributed by atoms with van der Waals surface area (Å²) in [6.45, 7) is 8.60. The highest BCUT2D eigenvalue weighted by molar-refractivity contribution is 6.31. The molecule has 3 rings (SSSR count). The zero-order valence-corrected chi connectivity index (χ0v) is 14.1. The Labute approximate surface area is 136 Å². The molecule has 0 aliphatic heterocycles. The molecule has 22 heavy (non-hydrogen) atoms. The van der Waals surface area contributed by atoms with E-state index < -0.39 is 0 Å². The summed E-state index contributed by atoms with van der Waals surface area (Å²) in [5.41, 5.74) is 3.43. The van der Waals surface area contributed by atoms with E-state index in [1.807, 2.05) is 23.9 Å². The van der Waals surface area contributed by atoms with Gasteiger partial charge in [0.25, 0.3) is 0 Å². The Bertz CT molecular complexity index is 813. The largest absolute Gasteiger partial charge is 0.301 e. The lowest BCUT2D eigenvalue weighted by atomic mass is 9.96. The van der Waals surface area contributed by atoms with Crippen LogP contribution in [-0.4, -0.2) is 14.3 Å². The van der Waals surface area contributed by atoms with E-state index in [0.29, 0.717) is 0 Å².